The maximum absolute atomic E-state index is 6.17. The smallest absolute Gasteiger partial charge is 0.00960 e. The zero-order valence-corrected chi connectivity index (χ0v) is 7.00. The molecule has 4 fully saturated rings. The lowest BCUT2D eigenvalue weighted by Crippen LogP contribution is -2.52. The van der Waals surface area contributed by atoms with Crippen LogP contribution in [0.25, 0.3) is 0 Å². The molecule has 4 bridgehead atoms. The Bertz CT molecular complexity index is 148. The maximum Gasteiger partial charge on any atom is 0.00960 e. The van der Waals surface area contributed by atoms with Gasteiger partial charge in [-0.1, -0.05) is 0 Å². The maximum atomic E-state index is 6.17. The highest BCUT2D eigenvalue weighted by Gasteiger charge is 2.46. The minimum atomic E-state index is 0.586. The molecule has 0 radical (unpaired) electrons. The standard InChI is InChI=1S/C10H17N/c11-10-8-2-6-1-7(4-8)5-9(10)3-6/h6-10H,1-5,11H2/t6-,7-,8-,9+,10?. The van der Waals surface area contributed by atoms with Gasteiger partial charge in [0, 0.05) is 6.04 Å². The first-order chi connectivity index (χ1) is 5.33. The van der Waals surface area contributed by atoms with E-state index in [0.29, 0.717) is 6.04 Å². The zero-order chi connectivity index (χ0) is 7.42. The van der Waals surface area contributed by atoms with E-state index in [4.69, 9.17) is 5.73 Å². The number of hydrogen-bond donors (Lipinski definition) is 1. The lowest BCUT2D eigenvalue weighted by Gasteiger charge is -2.53. The van der Waals surface area contributed by atoms with Crippen LogP contribution >= 0.6 is 0 Å². The number of rotatable bonds is 0. The fourth-order valence-corrected chi connectivity index (χ4v) is 3.97. The molecule has 1 nitrogen and oxygen atoms in total. The van der Waals surface area contributed by atoms with Gasteiger partial charge in [-0.25, -0.2) is 0 Å². The van der Waals surface area contributed by atoms with Crippen LogP contribution in [0.15, 0.2) is 0 Å². The van der Waals surface area contributed by atoms with Crippen LogP contribution in [-0.4, -0.2) is 6.04 Å². The van der Waals surface area contributed by atoms with Crippen LogP contribution in [0.2, 0.25) is 0 Å². The Morgan fingerprint density at radius 2 is 1.18 bits per heavy atom. The van der Waals surface area contributed by atoms with Crippen LogP contribution < -0.4 is 5.73 Å². The summed E-state index contributed by atoms with van der Waals surface area (Å²) < 4.78 is 0. The van der Waals surface area contributed by atoms with Crippen molar-refractivity contribution in [2.45, 2.75) is 38.1 Å². The monoisotopic (exact) mass is 151 g/mol. The van der Waals surface area contributed by atoms with Crippen molar-refractivity contribution in [3.8, 4) is 0 Å². The van der Waals surface area contributed by atoms with Gasteiger partial charge in [-0.3, -0.25) is 0 Å². The molecule has 0 aromatic rings. The Kier molecular flexibility index (Phi) is 1.18. The molecule has 2 N–H and O–H groups in total. The molecule has 4 aliphatic rings. The predicted octanol–water partition coefficient (Wildman–Crippen LogP) is 1.77. The van der Waals surface area contributed by atoms with E-state index in [0.717, 1.165) is 23.7 Å². The molecular weight excluding hydrogens is 134 g/mol. The van der Waals surface area contributed by atoms with E-state index in [-0.39, 0.29) is 0 Å². The van der Waals surface area contributed by atoms with Crippen LogP contribution in [0.3, 0.4) is 0 Å². The van der Waals surface area contributed by atoms with Crippen molar-refractivity contribution >= 4 is 0 Å². The SMILES string of the molecule is NC1[C@H]2C[C@H]3C[C@H](C2)C[C@H]1C3. The van der Waals surface area contributed by atoms with Gasteiger partial charge in [0.25, 0.3) is 0 Å². The second kappa shape index (κ2) is 2.01. The Balaban J connectivity index is 1.91. The number of nitrogens with two attached hydrogens (primary N) is 1. The summed E-state index contributed by atoms with van der Waals surface area (Å²) in [6, 6.07) is 0.586. The highest BCUT2D eigenvalue weighted by Crippen LogP contribution is 2.52. The first-order valence-electron chi connectivity index (χ1n) is 5.08. The van der Waals surface area contributed by atoms with E-state index < -0.39 is 0 Å². The molecule has 4 rings (SSSR count). The Morgan fingerprint density at radius 1 is 0.727 bits per heavy atom. The molecular formula is C10H17N. The summed E-state index contributed by atoms with van der Waals surface area (Å²) in [5, 5.41) is 0. The average molecular weight is 151 g/mol. The first kappa shape index (κ1) is 6.47. The quantitative estimate of drug-likeness (QED) is 0.561. The largest absolute Gasteiger partial charge is 0.327 e. The van der Waals surface area contributed by atoms with Gasteiger partial charge in [0.05, 0.1) is 0 Å². The molecule has 0 amide bonds. The Labute approximate surface area is 68.3 Å². The van der Waals surface area contributed by atoms with Crippen LogP contribution in [0, 0.1) is 23.7 Å². The molecule has 0 aromatic carbocycles. The van der Waals surface area contributed by atoms with E-state index in [1.165, 1.54) is 25.7 Å². The summed E-state index contributed by atoms with van der Waals surface area (Å²) in [5.74, 6) is 4.01. The average Bonchev–Trinajstić information content (AvgIpc) is 1.98. The summed E-state index contributed by atoms with van der Waals surface area (Å²) >= 11 is 0. The van der Waals surface area contributed by atoms with E-state index >= 15 is 0 Å². The third-order valence-electron chi connectivity index (χ3n) is 4.30. The topological polar surface area (TPSA) is 26.0 Å². The summed E-state index contributed by atoms with van der Waals surface area (Å²) in [7, 11) is 0. The van der Waals surface area contributed by atoms with Gasteiger partial charge in [0.15, 0.2) is 0 Å². The van der Waals surface area contributed by atoms with E-state index in [1.54, 1.807) is 6.42 Å². The van der Waals surface area contributed by atoms with Crippen molar-refractivity contribution < 1.29 is 0 Å². The summed E-state index contributed by atoms with van der Waals surface area (Å²) in [6.45, 7) is 0. The lowest BCUT2D eigenvalue weighted by atomic mass is 9.54. The van der Waals surface area contributed by atoms with Gasteiger partial charge >= 0.3 is 0 Å². The molecule has 11 heavy (non-hydrogen) atoms. The second-order valence-corrected chi connectivity index (χ2v) is 5.01. The molecule has 0 heterocycles. The Hall–Kier alpha value is -0.0400. The van der Waals surface area contributed by atoms with Crippen molar-refractivity contribution in [2.24, 2.45) is 29.4 Å². The van der Waals surface area contributed by atoms with E-state index in [1.807, 2.05) is 0 Å². The molecule has 0 unspecified atom stereocenters. The molecule has 4 saturated carbocycles. The summed E-state index contributed by atoms with van der Waals surface area (Å²) in [6.07, 6.45) is 7.41. The Morgan fingerprint density at radius 3 is 1.64 bits per heavy atom. The van der Waals surface area contributed by atoms with E-state index in [9.17, 15) is 0 Å². The van der Waals surface area contributed by atoms with Crippen molar-refractivity contribution in [1.82, 2.24) is 0 Å². The summed E-state index contributed by atoms with van der Waals surface area (Å²) in [5.41, 5.74) is 6.17. The molecule has 0 aromatic heterocycles. The van der Waals surface area contributed by atoms with Crippen molar-refractivity contribution in [3.05, 3.63) is 0 Å². The fraction of sp³-hybridized carbons (Fsp3) is 1.00. The van der Waals surface area contributed by atoms with Crippen molar-refractivity contribution in [2.75, 3.05) is 0 Å². The van der Waals surface area contributed by atoms with Crippen LogP contribution in [0.5, 0.6) is 0 Å². The van der Waals surface area contributed by atoms with Crippen LogP contribution in [-0.2, 0) is 0 Å². The third kappa shape index (κ3) is 0.807. The van der Waals surface area contributed by atoms with Gasteiger partial charge in [-0.15, -0.1) is 0 Å². The molecule has 0 saturated heterocycles. The highest BCUT2D eigenvalue weighted by atomic mass is 14.7. The van der Waals surface area contributed by atoms with Gasteiger partial charge in [-0.2, -0.15) is 0 Å². The van der Waals surface area contributed by atoms with E-state index in [2.05, 4.69) is 0 Å². The molecule has 1 heteroatoms. The molecule has 0 aliphatic heterocycles. The van der Waals surface area contributed by atoms with Crippen LogP contribution in [0.4, 0.5) is 0 Å². The number of hydrogen-bond acceptors (Lipinski definition) is 1. The fourth-order valence-electron chi connectivity index (χ4n) is 3.97. The van der Waals surface area contributed by atoms with Gasteiger partial charge in [0.1, 0.15) is 0 Å². The lowest BCUT2D eigenvalue weighted by molar-refractivity contribution is 0.000349. The minimum Gasteiger partial charge on any atom is -0.327 e. The minimum absolute atomic E-state index is 0.586. The summed E-state index contributed by atoms with van der Waals surface area (Å²) in [4.78, 5) is 0. The highest BCUT2D eigenvalue weighted by molar-refractivity contribution is 4.99. The van der Waals surface area contributed by atoms with Gasteiger partial charge in [-0.05, 0) is 55.8 Å². The molecule has 62 valence electrons. The van der Waals surface area contributed by atoms with Gasteiger partial charge in [0.2, 0.25) is 0 Å². The first-order valence-corrected chi connectivity index (χ1v) is 5.08. The van der Waals surface area contributed by atoms with Gasteiger partial charge < -0.3 is 5.73 Å². The third-order valence-corrected chi connectivity index (χ3v) is 4.30. The molecule has 4 aliphatic carbocycles. The van der Waals surface area contributed by atoms with Crippen LogP contribution in [0.1, 0.15) is 32.1 Å². The molecule has 0 atom stereocenters. The van der Waals surface area contributed by atoms with Crippen molar-refractivity contribution in [3.63, 3.8) is 0 Å². The predicted molar refractivity (Wildman–Crippen MR) is 45.0 cm³/mol. The second-order valence-electron chi connectivity index (χ2n) is 5.01. The normalized spacial score (nSPS) is 60.3. The zero-order valence-electron chi connectivity index (χ0n) is 7.00. The molecule has 0 spiro atoms. The van der Waals surface area contributed by atoms with Crippen molar-refractivity contribution in [1.29, 1.82) is 0 Å².